The number of hydrogen-bond acceptors (Lipinski definition) is 1. The summed E-state index contributed by atoms with van der Waals surface area (Å²) in [6.45, 7) is 2.24. The molecule has 0 radical (unpaired) electrons. The molecule has 0 amide bonds. The van der Waals surface area contributed by atoms with Gasteiger partial charge in [0.25, 0.3) is 0 Å². The van der Waals surface area contributed by atoms with Crippen LogP contribution in [0.4, 0.5) is 0 Å². The van der Waals surface area contributed by atoms with E-state index in [1.165, 1.54) is 57.8 Å². The topological polar surface area (TPSA) is 37.3 Å². The van der Waals surface area contributed by atoms with Gasteiger partial charge in [-0.25, -0.2) is 0 Å². The zero-order valence-electron chi connectivity index (χ0n) is 12.0. The zero-order chi connectivity index (χ0) is 13.5. The third-order valence-electron chi connectivity index (χ3n) is 3.15. The van der Waals surface area contributed by atoms with Gasteiger partial charge < -0.3 is 5.11 Å². The number of rotatable bonds is 13. The predicted octanol–water partition coefficient (Wildman–Crippen LogP) is 5.33. The lowest BCUT2D eigenvalue weighted by atomic mass is 10.1. The Kier molecular flexibility index (Phi) is 13.6. The molecule has 0 spiro atoms. The van der Waals surface area contributed by atoms with Crippen LogP contribution in [-0.4, -0.2) is 11.1 Å². The van der Waals surface area contributed by atoms with Gasteiger partial charge in [-0.05, 0) is 32.1 Å². The summed E-state index contributed by atoms with van der Waals surface area (Å²) in [6, 6.07) is 0. The van der Waals surface area contributed by atoms with Gasteiger partial charge >= 0.3 is 5.97 Å². The van der Waals surface area contributed by atoms with Gasteiger partial charge in [0.2, 0.25) is 0 Å². The summed E-state index contributed by atoms with van der Waals surface area (Å²) < 4.78 is 0. The Morgan fingerprint density at radius 1 is 0.833 bits per heavy atom. The molecule has 2 heteroatoms. The first kappa shape index (κ1) is 17.2. The van der Waals surface area contributed by atoms with Crippen molar-refractivity contribution in [2.45, 2.75) is 84.0 Å². The fraction of sp³-hybridized carbons (Fsp3) is 0.812. The van der Waals surface area contributed by atoms with Gasteiger partial charge in [-0.2, -0.15) is 0 Å². The monoisotopic (exact) mass is 259 g/mol. The summed E-state index contributed by atoms with van der Waals surface area (Å²) >= 11 is 0. The Morgan fingerprint density at radius 3 is 1.89 bits per heavy atom. The zero-order valence-corrected chi connectivity index (χ0v) is 12.0. The van der Waals surface area contributed by atoms with Crippen LogP contribution < -0.4 is 0 Å². The van der Waals surface area contributed by atoms with Gasteiger partial charge in [0.05, 0.1) is 0 Å². The van der Waals surface area contributed by atoms with Gasteiger partial charge in [-0.15, -0.1) is 0 Å². The van der Waals surface area contributed by atoms with Crippen molar-refractivity contribution in [3.63, 3.8) is 0 Å². The van der Waals surface area contributed by atoms with Gasteiger partial charge in [0, 0.05) is 6.42 Å². The Labute approximate surface area is 112 Å². The Balaban J connectivity index is 3.06. The van der Waals surface area contributed by atoms with E-state index in [9.17, 15) is 4.79 Å². The maximum Gasteiger partial charge on any atom is 0.303 e. The Hall–Kier alpha value is -0.790. The number of hydrogen-bond donors (Lipinski definition) is 1. The number of carboxylic acids is 1. The highest BCUT2D eigenvalue weighted by Gasteiger charge is 1.95. The van der Waals surface area contributed by atoms with Crippen LogP contribution in [0.2, 0.25) is 0 Å². The molecule has 0 aromatic rings. The molecule has 18 heavy (non-hydrogen) atoms. The molecule has 0 unspecified atom stereocenters. The second-order valence-corrected chi connectivity index (χ2v) is 5.02. The molecule has 0 atom stereocenters. The average molecular weight is 259 g/mol. The van der Waals surface area contributed by atoms with Crippen LogP contribution in [0.5, 0.6) is 0 Å². The predicted molar refractivity (Wildman–Crippen MR) is 77.9 cm³/mol. The molecule has 0 bridgehead atoms. The smallest absolute Gasteiger partial charge is 0.303 e. The van der Waals surface area contributed by atoms with Crippen molar-refractivity contribution in [3.05, 3.63) is 12.2 Å². The van der Waals surface area contributed by atoms with E-state index in [0.717, 1.165) is 12.8 Å². The first-order valence-corrected chi connectivity index (χ1v) is 7.64. The molecule has 1 N–H and O–H groups in total. The lowest BCUT2D eigenvalue weighted by Crippen LogP contribution is -1.93. The van der Waals surface area contributed by atoms with Gasteiger partial charge in [-0.3, -0.25) is 4.79 Å². The van der Waals surface area contributed by atoms with E-state index in [1.54, 1.807) is 0 Å². The minimum Gasteiger partial charge on any atom is -0.481 e. The quantitative estimate of drug-likeness (QED) is 0.276. The second kappa shape index (κ2) is 14.3. The molecule has 0 aliphatic heterocycles. The molecule has 0 saturated carbocycles. The van der Waals surface area contributed by atoms with Gasteiger partial charge in [-0.1, -0.05) is 57.6 Å². The number of carboxylic acid groups (broad SMARTS) is 1. The SMILES string of the molecule is CCCCCCC=C[13CH2][13CH2]CCC[13CH2][13CH2][13C](=O)O. The Morgan fingerprint density at radius 2 is 1.33 bits per heavy atom. The molecule has 0 aromatic carbocycles. The highest BCUT2D eigenvalue weighted by Crippen LogP contribution is 2.08. The standard InChI is InChI=1S/C16H30O2/c1-2-3-4-5-6-7-8-9-10-11-12-13-14-15-16(17)18/h7-8H,2-6,9-15H2,1H3,(H,17,18)/i9+1,10+1,14+1,15+1,16+1. The van der Waals surface area contributed by atoms with Crippen LogP contribution in [0.1, 0.15) is 84.0 Å². The van der Waals surface area contributed by atoms with Crippen LogP contribution >= 0.6 is 0 Å². The molecule has 0 aromatic heterocycles. The molecule has 106 valence electrons. The number of carbonyl (C=O) groups is 1. The molecular formula is C16H30O2. The summed E-state index contributed by atoms with van der Waals surface area (Å²) in [5.41, 5.74) is 0. The molecule has 0 aliphatic carbocycles. The largest absolute Gasteiger partial charge is 0.481 e. The molecule has 0 saturated heterocycles. The van der Waals surface area contributed by atoms with Crippen LogP contribution in [0.25, 0.3) is 0 Å². The van der Waals surface area contributed by atoms with Gasteiger partial charge in [0.15, 0.2) is 0 Å². The van der Waals surface area contributed by atoms with E-state index in [4.69, 9.17) is 5.11 Å². The molecular weight excluding hydrogens is 229 g/mol. The highest BCUT2D eigenvalue weighted by molar-refractivity contribution is 5.66. The number of aliphatic carboxylic acids is 1. The maximum atomic E-state index is 10.3. The lowest BCUT2D eigenvalue weighted by Gasteiger charge is -1.98. The van der Waals surface area contributed by atoms with Crippen LogP contribution in [0, 0.1) is 0 Å². The van der Waals surface area contributed by atoms with E-state index >= 15 is 0 Å². The van der Waals surface area contributed by atoms with E-state index in [2.05, 4.69) is 19.1 Å². The minimum absolute atomic E-state index is 0.331. The Bertz CT molecular complexity index is 209. The second-order valence-electron chi connectivity index (χ2n) is 5.02. The van der Waals surface area contributed by atoms with Crippen LogP contribution in [-0.2, 0) is 4.79 Å². The fourth-order valence-electron chi connectivity index (χ4n) is 1.99. The van der Waals surface area contributed by atoms with Crippen molar-refractivity contribution in [2.24, 2.45) is 0 Å². The van der Waals surface area contributed by atoms with Crippen LogP contribution in [0.3, 0.4) is 0 Å². The normalized spacial score (nSPS) is 11.2. The maximum absolute atomic E-state index is 10.3. The van der Waals surface area contributed by atoms with Crippen molar-refractivity contribution in [1.82, 2.24) is 0 Å². The highest BCUT2D eigenvalue weighted by atomic mass is 16.5. The summed E-state index contributed by atoms with van der Waals surface area (Å²) in [5.74, 6) is -0.666. The number of allylic oxidation sites excluding steroid dienone is 2. The summed E-state index contributed by atoms with van der Waals surface area (Å²) in [7, 11) is 0. The van der Waals surface area contributed by atoms with Crippen molar-refractivity contribution in [2.75, 3.05) is 0 Å². The minimum atomic E-state index is -0.666. The summed E-state index contributed by atoms with van der Waals surface area (Å²) in [5, 5.41) is 8.48. The fourth-order valence-corrected chi connectivity index (χ4v) is 1.99. The summed E-state index contributed by atoms with van der Waals surface area (Å²) in [4.78, 5) is 10.3. The molecule has 0 fully saturated rings. The first-order valence-electron chi connectivity index (χ1n) is 7.64. The van der Waals surface area contributed by atoms with E-state index < -0.39 is 5.97 Å². The number of unbranched alkanes of at least 4 members (excludes halogenated alkanes) is 9. The molecule has 2 nitrogen and oxygen atoms in total. The van der Waals surface area contributed by atoms with Crippen molar-refractivity contribution >= 4 is 5.97 Å². The van der Waals surface area contributed by atoms with Crippen molar-refractivity contribution in [1.29, 1.82) is 0 Å². The average Bonchev–Trinajstić information content (AvgIpc) is 2.34. The van der Waals surface area contributed by atoms with Crippen molar-refractivity contribution < 1.29 is 9.90 Å². The first-order chi connectivity index (χ1) is 8.77. The third-order valence-corrected chi connectivity index (χ3v) is 3.15. The molecule has 0 rings (SSSR count). The lowest BCUT2D eigenvalue weighted by molar-refractivity contribution is -0.137. The van der Waals surface area contributed by atoms with E-state index in [0.29, 0.717) is 6.42 Å². The van der Waals surface area contributed by atoms with Crippen LogP contribution in [0.15, 0.2) is 12.2 Å². The summed E-state index contributed by atoms with van der Waals surface area (Å²) in [6.07, 6.45) is 18.3. The van der Waals surface area contributed by atoms with E-state index in [1.807, 2.05) is 0 Å². The van der Waals surface area contributed by atoms with Gasteiger partial charge in [0.1, 0.15) is 0 Å². The van der Waals surface area contributed by atoms with E-state index in [-0.39, 0.29) is 0 Å². The molecule has 0 heterocycles. The molecule has 0 aliphatic rings. The van der Waals surface area contributed by atoms with Crippen molar-refractivity contribution in [3.8, 4) is 0 Å². The third kappa shape index (κ3) is 15.2.